The molecule has 0 unspecified atom stereocenters. The van der Waals surface area contributed by atoms with Crippen LogP contribution >= 0.6 is 0 Å². The van der Waals surface area contributed by atoms with Gasteiger partial charge < -0.3 is 24.3 Å². The number of piperidine rings is 1. The molecule has 2 N–H and O–H groups in total. The van der Waals surface area contributed by atoms with Crippen LogP contribution in [0, 0.1) is 5.92 Å². The van der Waals surface area contributed by atoms with E-state index in [9.17, 15) is 4.79 Å². The Balaban J connectivity index is 1.47. The monoisotopic (exact) mass is 566 g/mol. The molecule has 42 heavy (non-hydrogen) atoms. The maximum Gasteiger partial charge on any atom is 0.338 e. The predicted octanol–water partition coefficient (Wildman–Crippen LogP) is 6.33. The number of rotatable bonds is 12. The van der Waals surface area contributed by atoms with Crippen LogP contribution in [0.25, 0.3) is 0 Å². The van der Waals surface area contributed by atoms with Crippen molar-refractivity contribution in [3.8, 4) is 17.2 Å². The van der Waals surface area contributed by atoms with E-state index in [2.05, 4.69) is 5.32 Å². The summed E-state index contributed by atoms with van der Waals surface area (Å²) in [5.41, 5.74) is 2.78. The average Bonchev–Trinajstić information content (AvgIpc) is 3.03. The third-order valence-electron chi connectivity index (χ3n) is 7.73. The van der Waals surface area contributed by atoms with Crippen molar-refractivity contribution in [2.24, 2.45) is 5.92 Å². The van der Waals surface area contributed by atoms with Crippen molar-refractivity contribution in [2.75, 3.05) is 13.1 Å². The van der Waals surface area contributed by atoms with Gasteiger partial charge in [-0.25, -0.2) is 4.79 Å². The minimum absolute atomic E-state index is 0.308. The molecule has 4 aromatic carbocycles. The fraction of sp³-hybridized carbons (Fsp3) is 0.306. The van der Waals surface area contributed by atoms with E-state index in [0.29, 0.717) is 48.6 Å². The summed E-state index contributed by atoms with van der Waals surface area (Å²) in [6, 6.07) is 33.2. The van der Waals surface area contributed by atoms with E-state index in [-0.39, 0.29) is 0 Å². The van der Waals surface area contributed by atoms with Crippen molar-refractivity contribution >= 4 is 5.97 Å². The highest BCUT2D eigenvalue weighted by Gasteiger charge is 2.36. The Bertz CT molecular complexity index is 1350. The number of quaternary nitrogens is 1. The molecule has 0 saturated carbocycles. The Hall–Kier alpha value is -4.29. The fourth-order valence-corrected chi connectivity index (χ4v) is 5.25. The summed E-state index contributed by atoms with van der Waals surface area (Å²) >= 11 is 0. The van der Waals surface area contributed by atoms with Crippen LogP contribution in [0.15, 0.2) is 103 Å². The molecule has 6 heteroatoms. The molecule has 0 aromatic heterocycles. The van der Waals surface area contributed by atoms with Gasteiger partial charge in [-0.05, 0) is 42.7 Å². The molecule has 0 spiro atoms. The number of ether oxygens (including phenoxy) is 4. The Kier molecular flexibility index (Phi) is 9.78. The highest BCUT2D eigenvalue weighted by molar-refractivity contribution is 5.91. The number of hydrogen-bond acceptors (Lipinski definition) is 5. The standard InChI is InChI=1S/C36H39NO5/c1-36(2,31-18-20-37-21-19-31)42-35(38)30-22-32(39-24-27-12-6-3-7-13-27)34(41-26-29-16-10-5-11-17-29)33(23-30)40-25-28-14-8-4-9-15-28/h3-17,22-23,31,37H,18-21,24-26H2,1-2H3/p+1. The Labute approximate surface area is 248 Å². The van der Waals surface area contributed by atoms with Crippen LogP contribution in [0.3, 0.4) is 0 Å². The van der Waals surface area contributed by atoms with Gasteiger partial charge in [-0.15, -0.1) is 0 Å². The van der Waals surface area contributed by atoms with Gasteiger partial charge in [-0.1, -0.05) is 91.0 Å². The van der Waals surface area contributed by atoms with Crippen molar-refractivity contribution in [3.63, 3.8) is 0 Å². The van der Waals surface area contributed by atoms with Gasteiger partial charge in [-0.3, -0.25) is 0 Å². The maximum atomic E-state index is 13.7. The molecule has 4 aromatic rings. The Morgan fingerprint density at radius 3 is 1.57 bits per heavy atom. The highest BCUT2D eigenvalue weighted by atomic mass is 16.6. The van der Waals surface area contributed by atoms with Gasteiger partial charge in [0.15, 0.2) is 11.5 Å². The van der Waals surface area contributed by atoms with Gasteiger partial charge in [0.1, 0.15) is 25.4 Å². The maximum absolute atomic E-state index is 13.7. The zero-order valence-corrected chi connectivity index (χ0v) is 24.5. The third-order valence-corrected chi connectivity index (χ3v) is 7.73. The van der Waals surface area contributed by atoms with Gasteiger partial charge in [0.05, 0.1) is 18.7 Å². The molecule has 1 aliphatic heterocycles. The lowest BCUT2D eigenvalue weighted by atomic mass is 9.83. The van der Waals surface area contributed by atoms with Crippen LogP contribution in [-0.2, 0) is 24.6 Å². The number of carbonyl (C=O) groups excluding carboxylic acids is 1. The summed E-state index contributed by atoms with van der Waals surface area (Å²) in [6.07, 6.45) is 2.03. The molecular weight excluding hydrogens is 526 g/mol. The van der Waals surface area contributed by atoms with Crippen LogP contribution in [0.5, 0.6) is 17.2 Å². The summed E-state index contributed by atoms with van der Waals surface area (Å²) in [5.74, 6) is 1.21. The first-order valence-electron chi connectivity index (χ1n) is 14.7. The summed E-state index contributed by atoms with van der Waals surface area (Å²) in [5, 5.41) is 2.31. The number of benzene rings is 4. The van der Waals surface area contributed by atoms with Gasteiger partial charge in [0, 0.05) is 18.8 Å². The molecular formula is C36H40NO5+. The smallest absolute Gasteiger partial charge is 0.338 e. The zero-order chi connectivity index (χ0) is 29.2. The lowest BCUT2D eigenvalue weighted by molar-refractivity contribution is -0.665. The molecule has 0 bridgehead atoms. The second-order valence-electron chi connectivity index (χ2n) is 11.3. The Morgan fingerprint density at radius 2 is 1.12 bits per heavy atom. The van der Waals surface area contributed by atoms with E-state index in [1.54, 1.807) is 12.1 Å². The van der Waals surface area contributed by atoms with E-state index >= 15 is 0 Å². The molecule has 0 amide bonds. The predicted molar refractivity (Wildman–Crippen MR) is 163 cm³/mol. The number of nitrogens with two attached hydrogens (primary N) is 1. The third kappa shape index (κ3) is 7.92. The lowest BCUT2D eigenvalue weighted by Gasteiger charge is -2.35. The quantitative estimate of drug-likeness (QED) is 0.203. The van der Waals surface area contributed by atoms with Gasteiger partial charge >= 0.3 is 5.97 Å². The normalized spacial score (nSPS) is 13.8. The van der Waals surface area contributed by atoms with Crippen LogP contribution in [0.1, 0.15) is 53.7 Å². The van der Waals surface area contributed by atoms with Crippen molar-refractivity contribution in [1.29, 1.82) is 0 Å². The van der Waals surface area contributed by atoms with Gasteiger partial charge in [0.25, 0.3) is 0 Å². The second kappa shape index (κ2) is 14.1. The SMILES string of the molecule is CC(C)(OC(=O)c1cc(OCc2ccccc2)c(OCc2ccccc2)c(OCc2ccccc2)c1)C1CC[NH2+]CC1. The molecule has 0 aliphatic carbocycles. The first-order valence-corrected chi connectivity index (χ1v) is 14.7. The molecule has 5 rings (SSSR count). The van der Waals surface area contributed by atoms with E-state index in [4.69, 9.17) is 18.9 Å². The van der Waals surface area contributed by atoms with Crippen LogP contribution in [0.4, 0.5) is 0 Å². The highest BCUT2D eigenvalue weighted by Crippen LogP contribution is 2.41. The summed E-state index contributed by atoms with van der Waals surface area (Å²) < 4.78 is 25.2. The van der Waals surface area contributed by atoms with E-state index in [0.717, 1.165) is 42.6 Å². The van der Waals surface area contributed by atoms with Crippen LogP contribution in [0.2, 0.25) is 0 Å². The van der Waals surface area contributed by atoms with E-state index in [1.807, 2.05) is 105 Å². The topological polar surface area (TPSA) is 70.6 Å². The Morgan fingerprint density at radius 1 is 0.690 bits per heavy atom. The molecule has 218 valence electrons. The largest absolute Gasteiger partial charge is 0.485 e. The van der Waals surface area contributed by atoms with Crippen molar-refractivity contribution < 1.29 is 29.1 Å². The summed E-state index contributed by atoms with van der Waals surface area (Å²) in [7, 11) is 0. The minimum Gasteiger partial charge on any atom is -0.485 e. The molecule has 1 fully saturated rings. The molecule has 6 nitrogen and oxygen atoms in total. The number of esters is 1. The van der Waals surface area contributed by atoms with Crippen molar-refractivity contribution in [2.45, 2.75) is 52.1 Å². The number of hydrogen-bond donors (Lipinski definition) is 1. The molecule has 1 saturated heterocycles. The number of carbonyl (C=O) groups is 1. The van der Waals surface area contributed by atoms with Crippen molar-refractivity contribution in [1.82, 2.24) is 0 Å². The molecule has 0 radical (unpaired) electrons. The average molecular weight is 567 g/mol. The second-order valence-corrected chi connectivity index (χ2v) is 11.3. The van der Waals surface area contributed by atoms with Gasteiger partial charge in [-0.2, -0.15) is 0 Å². The van der Waals surface area contributed by atoms with Crippen LogP contribution < -0.4 is 19.5 Å². The lowest BCUT2D eigenvalue weighted by Crippen LogP contribution is -2.86. The molecule has 1 heterocycles. The van der Waals surface area contributed by atoms with Crippen LogP contribution in [-0.4, -0.2) is 24.7 Å². The van der Waals surface area contributed by atoms with Crippen molar-refractivity contribution in [3.05, 3.63) is 125 Å². The summed E-state index contributed by atoms with van der Waals surface area (Å²) in [4.78, 5) is 13.7. The molecule has 0 atom stereocenters. The zero-order valence-electron chi connectivity index (χ0n) is 24.5. The molecule has 1 aliphatic rings. The first-order chi connectivity index (χ1) is 20.5. The fourth-order valence-electron chi connectivity index (χ4n) is 5.25. The van der Waals surface area contributed by atoms with E-state index in [1.165, 1.54) is 0 Å². The van der Waals surface area contributed by atoms with E-state index < -0.39 is 11.6 Å². The summed E-state index contributed by atoms with van der Waals surface area (Å²) in [6.45, 7) is 7.06. The first kappa shape index (κ1) is 29.2. The van der Waals surface area contributed by atoms with Gasteiger partial charge in [0.2, 0.25) is 5.75 Å². The minimum atomic E-state index is -0.593.